The number of allylic oxidation sites excluding steroid dienone is 8. The van der Waals surface area contributed by atoms with E-state index in [1.807, 2.05) is 36.4 Å². The van der Waals surface area contributed by atoms with Crippen molar-refractivity contribution in [2.24, 2.45) is 5.41 Å². The van der Waals surface area contributed by atoms with Crippen LogP contribution in [0.3, 0.4) is 0 Å². The van der Waals surface area contributed by atoms with Crippen molar-refractivity contribution in [2.75, 3.05) is 31.2 Å². The molecule has 0 saturated heterocycles. The first-order valence-corrected chi connectivity index (χ1v) is 36.1. The van der Waals surface area contributed by atoms with Gasteiger partial charge >= 0.3 is 6.18 Å². The fourth-order valence-electron chi connectivity index (χ4n) is 14.4. The Morgan fingerprint density at radius 1 is 0.558 bits per heavy atom. The molecule has 1 aliphatic carbocycles. The quantitative estimate of drug-likeness (QED) is 0.0586. The molecule has 0 fully saturated rings. The number of halogens is 3. The molecule has 9 aromatic rings. The summed E-state index contributed by atoms with van der Waals surface area (Å²) in [6, 6.07) is 80.3. The van der Waals surface area contributed by atoms with Gasteiger partial charge in [-0.25, -0.2) is 0 Å². The summed E-state index contributed by atoms with van der Waals surface area (Å²) in [7, 11) is -5.81. The summed E-state index contributed by atoms with van der Waals surface area (Å²) in [5.74, 6) is -0.718. The number of hydrogen-bond donors (Lipinski definition) is 0. The molecule has 8 aromatic carbocycles. The van der Waals surface area contributed by atoms with Crippen LogP contribution >= 0.6 is 0 Å². The standard InChI is InChI=1S/C82H78F3N5O3Si2/c1-78(2,3)94(66-32-16-10-17-33-66,67-34-18-11-19-35-67)91-53-51-89(52-54-92-95(79(4,5)6,68-36-20-12-21-37-68)69-38-22-13-23-39-69)65-49-46-60(47-50-65)45-48-62-56-80(7,8)55-61(76(62)90-74-43-26-24-40-70(74)71-41-25-27-44-75(71)90)29-28-42-73-72(59-88)77(63(57-86)58-87)93-81(73,82(83,84)85)64-30-14-9-15-31-64/h9-50H,51-56H2,1-8H3/b42-28+,48-45+,61-29+. The minimum Gasteiger partial charge on any atom is -0.465 e. The van der Waals surface area contributed by atoms with Crippen LogP contribution in [0.5, 0.6) is 0 Å². The first-order chi connectivity index (χ1) is 45.6. The van der Waals surface area contributed by atoms with Gasteiger partial charge in [0.1, 0.15) is 23.8 Å². The van der Waals surface area contributed by atoms with E-state index in [1.165, 1.54) is 57.2 Å². The number of fused-ring (bicyclic) bond motifs is 3. The smallest absolute Gasteiger partial charge is 0.437 e. The van der Waals surface area contributed by atoms with Gasteiger partial charge in [-0.3, -0.25) is 0 Å². The van der Waals surface area contributed by atoms with E-state index >= 15 is 13.2 Å². The molecule has 0 amide bonds. The van der Waals surface area contributed by atoms with Crippen molar-refractivity contribution in [3.63, 3.8) is 0 Å². The Balaban J connectivity index is 1.01. The van der Waals surface area contributed by atoms with Crippen molar-refractivity contribution in [3.8, 4) is 18.2 Å². The molecular formula is C82H78F3N5O3Si2. The predicted molar refractivity (Wildman–Crippen MR) is 384 cm³/mol. The number of rotatable bonds is 19. The molecule has 2 aliphatic rings. The third-order valence-corrected chi connectivity index (χ3v) is 28.6. The van der Waals surface area contributed by atoms with Gasteiger partial charge in [0, 0.05) is 40.7 Å². The average Bonchev–Trinajstić information content (AvgIpc) is 1.70. The number of nitrogens with zero attached hydrogens (tertiary/aromatic N) is 5. The summed E-state index contributed by atoms with van der Waals surface area (Å²) in [6.07, 6.45) is 4.98. The van der Waals surface area contributed by atoms with Gasteiger partial charge in [0.05, 0.1) is 29.9 Å². The summed E-state index contributed by atoms with van der Waals surface area (Å²) in [5.41, 5.74) is 0.945. The SMILES string of the molecule is CC1(C)CC(/C=C/c2ccc(N(CCO[Si](c3ccccc3)(c3ccccc3)C(C)(C)C)CCO[Si](c3ccccc3)(c3ccccc3)C(C)(C)C)cc2)=C(n2c3ccccc3c3ccccc32)C(=C/C=C/C2=C(C#N)C(=C(C#N)C#N)OC2(c2ccccc2)C(F)(F)F)/C1. The Morgan fingerprint density at radius 3 is 1.41 bits per heavy atom. The van der Waals surface area contributed by atoms with E-state index < -0.39 is 50.9 Å². The fourth-order valence-corrected chi connectivity index (χ4v) is 23.5. The molecule has 2 heterocycles. The molecule has 0 spiro atoms. The highest BCUT2D eigenvalue weighted by molar-refractivity contribution is 7.00. The Bertz CT molecular complexity index is 4320. The number of ether oxygens (including phenoxy) is 1. The Kier molecular flexibility index (Phi) is 19.1. The van der Waals surface area contributed by atoms with Crippen molar-refractivity contribution in [1.29, 1.82) is 15.8 Å². The lowest BCUT2D eigenvalue weighted by Gasteiger charge is -2.44. The highest BCUT2D eigenvalue weighted by Crippen LogP contribution is 2.56. The van der Waals surface area contributed by atoms with Gasteiger partial charge in [0.25, 0.3) is 22.2 Å². The molecule has 95 heavy (non-hydrogen) atoms. The number of alkyl halides is 3. The van der Waals surface area contributed by atoms with E-state index in [9.17, 15) is 15.8 Å². The largest absolute Gasteiger partial charge is 0.465 e. The van der Waals surface area contributed by atoms with E-state index in [0.29, 0.717) is 39.1 Å². The molecule has 1 aromatic heterocycles. The molecule has 0 N–H and O–H groups in total. The van der Waals surface area contributed by atoms with Crippen LogP contribution in [0.4, 0.5) is 18.9 Å². The maximum atomic E-state index is 16.0. The summed E-state index contributed by atoms with van der Waals surface area (Å²) >= 11 is 0. The first kappa shape index (κ1) is 66.7. The topological polar surface area (TPSA) is 107 Å². The van der Waals surface area contributed by atoms with Gasteiger partial charge in [0.15, 0.2) is 11.3 Å². The second-order valence-corrected chi connectivity index (χ2v) is 35.8. The number of aromatic nitrogens is 1. The number of nitriles is 3. The minimum atomic E-state index is -5.14. The van der Waals surface area contributed by atoms with Crippen molar-refractivity contribution in [2.45, 2.75) is 90.1 Å². The van der Waals surface area contributed by atoms with Gasteiger partial charge in [-0.1, -0.05) is 286 Å². The molecule has 0 bridgehead atoms. The predicted octanol–water partition coefficient (Wildman–Crippen LogP) is 17.6. The van der Waals surface area contributed by atoms with E-state index in [2.05, 4.69) is 247 Å². The van der Waals surface area contributed by atoms with Gasteiger partial charge in [0.2, 0.25) is 0 Å². The number of hydrogen-bond acceptors (Lipinski definition) is 7. The molecule has 1 aliphatic heterocycles. The highest BCUT2D eigenvalue weighted by Gasteiger charge is 2.65. The molecule has 13 heteroatoms. The zero-order chi connectivity index (χ0) is 67.2. The van der Waals surface area contributed by atoms with Crippen molar-refractivity contribution < 1.29 is 26.8 Å². The van der Waals surface area contributed by atoms with Gasteiger partial charge in [-0.15, -0.1) is 0 Å². The molecule has 0 saturated carbocycles. The molecule has 11 rings (SSSR count). The Morgan fingerprint density at radius 2 is 0.989 bits per heavy atom. The monoisotopic (exact) mass is 1290 g/mol. The minimum absolute atomic E-state index is 0.221. The van der Waals surface area contributed by atoms with E-state index in [0.717, 1.165) is 49.9 Å². The highest BCUT2D eigenvalue weighted by atomic mass is 28.4. The number of benzene rings is 8. The van der Waals surface area contributed by atoms with Crippen LogP contribution < -0.4 is 25.6 Å². The molecule has 1 atom stereocenters. The molecular weight excluding hydrogens is 1220 g/mol. The fraction of sp³-hybridized carbons (Fsp3) is 0.232. The van der Waals surface area contributed by atoms with Crippen LogP contribution in [0, 0.1) is 39.4 Å². The van der Waals surface area contributed by atoms with Gasteiger partial charge in [-0.2, -0.15) is 29.0 Å². The third kappa shape index (κ3) is 12.8. The maximum Gasteiger partial charge on any atom is 0.437 e. The second kappa shape index (κ2) is 27.3. The Labute approximate surface area is 559 Å². The number of para-hydroxylation sites is 2. The zero-order valence-corrected chi connectivity index (χ0v) is 57.1. The lowest BCUT2D eigenvalue weighted by Crippen LogP contribution is -2.67. The van der Waals surface area contributed by atoms with Crippen LogP contribution in [-0.4, -0.2) is 53.7 Å². The van der Waals surface area contributed by atoms with E-state index in [4.69, 9.17) is 13.6 Å². The summed E-state index contributed by atoms with van der Waals surface area (Å²) in [6.45, 7) is 20.3. The van der Waals surface area contributed by atoms with Crippen molar-refractivity contribution in [1.82, 2.24) is 4.57 Å². The summed E-state index contributed by atoms with van der Waals surface area (Å²) in [5, 5.41) is 37.1. The first-order valence-electron chi connectivity index (χ1n) is 32.3. The normalized spacial score (nSPS) is 16.8. The van der Waals surface area contributed by atoms with Crippen LogP contribution in [0.1, 0.15) is 79.4 Å². The number of anilines is 1. The van der Waals surface area contributed by atoms with Crippen molar-refractivity contribution in [3.05, 3.63) is 294 Å². The molecule has 0 radical (unpaired) electrons. The lowest BCUT2D eigenvalue weighted by molar-refractivity contribution is -0.249. The zero-order valence-electron chi connectivity index (χ0n) is 55.1. The average molecular weight is 1290 g/mol. The molecule has 1 unspecified atom stereocenters. The van der Waals surface area contributed by atoms with Crippen LogP contribution in [0.25, 0.3) is 33.6 Å². The maximum absolute atomic E-state index is 16.0. The van der Waals surface area contributed by atoms with Crippen LogP contribution in [0.2, 0.25) is 10.1 Å². The summed E-state index contributed by atoms with van der Waals surface area (Å²) in [4.78, 5) is 2.40. The van der Waals surface area contributed by atoms with E-state index in [-0.39, 0.29) is 21.1 Å². The second-order valence-electron chi connectivity index (χ2n) is 27.2. The van der Waals surface area contributed by atoms with Crippen LogP contribution in [-0.2, 0) is 19.2 Å². The summed E-state index contributed by atoms with van der Waals surface area (Å²) < 4.78 is 71.2. The van der Waals surface area contributed by atoms with E-state index in [1.54, 1.807) is 18.2 Å². The van der Waals surface area contributed by atoms with Crippen LogP contribution in [0.15, 0.2) is 282 Å². The molecule has 8 nitrogen and oxygen atoms in total. The van der Waals surface area contributed by atoms with Gasteiger partial charge < -0.3 is 23.1 Å². The van der Waals surface area contributed by atoms with Crippen molar-refractivity contribution >= 4 is 76.6 Å². The third-order valence-electron chi connectivity index (χ3n) is 18.5. The Hall–Kier alpha value is -9.79. The lowest BCUT2D eigenvalue weighted by atomic mass is 9.73. The van der Waals surface area contributed by atoms with Gasteiger partial charge in [-0.05, 0) is 90.1 Å². The molecule has 478 valence electrons.